The molecule has 0 aliphatic heterocycles. The first-order valence-corrected chi connectivity index (χ1v) is 7.28. The quantitative estimate of drug-likeness (QED) is 0.904. The van der Waals surface area contributed by atoms with E-state index in [0.717, 1.165) is 11.5 Å². The molecule has 1 saturated carbocycles. The number of benzene rings is 1. The number of halogens is 1. The summed E-state index contributed by atoms with van der Waals surface area (Å²) in [4.78, 5) is 2.30. The summed E-state index contributed by atoms with van der Waals surface area (Å²) < 4.78 is 14.2. The highest BCUT2D eigenvalue weighted by Crippen LogP contribution is 2.27. The summed E-state index contributed by atoms with van der Waals surface area (Å²) in [5.74, 6) is 0.669. The van der Waals surface area contributed by atoms with E-state index in [1.807, 2.05) is 12.1 Å². The predicted molar refractivity (Wildman–Crippen MR) is 77.2 cm³/mol. The zero-order chi connectivity index (χ0) is 13.8. The third-order valence-electron chi connectivity index (χ3n) is 4.33. The van der Waals surface area contributed by atoms with Crippen LogP contribution in [0.1, 0.15) is 43.7 Å². The van der Waals surface area contributed by atoms with Gasteiger partial charge in [-0.15, -0.1) is 0 Å². The van der Waals surface area contributed by atoms with Crippen LogP contribution in [-0.4, -0.2) is 18.0 Å². The molecule has 1 aliphatic rings. The minimum absolute atomic E-state index is 0.124. The molecule has 19 heavy (non-hydrogen) atoms. The summed E-state index contributed by atoms with van der Waals surface area (Å²) in [6, 6.07) is 6.13. The molecule has 0 saturated heterocycles. The second-order valence-electron chi connectivity index (χ2n) is 5.94. The van der Waals surface area contributed by atoms with Crippen LogP contribution in [-0.2, 0) is 13.1 Å². The minimum Gasteiger partial charge on any atom is -0.326 e. The fourth-order valence-electron chi connectivity index (χ4n) is 3.11. The van der Waals surface area contributed by atoms with Crippen molar-refractivity contribution in [3.05, 3.63) is 35.1 Å². The minimum atomic E-state index is -0.124. The Labute approximate surface area is 115 Å². The lowest BCUT2D eigenvalue weighted by Gasteiger charge is -2.34. The molecule has 0 spiro atoms. The third-order valence-corrected chi connectivity index (χ3v) is 4.33. The first-order valence-electron chi connectivity index (χ1n) is 7.28. The van der Waals surface area contributed by atoms with Crippen LogP contribution in [0.15, 0.2) is 18.2 Å². The number of nitrogens with zero attached hydrogens (tertiary/aromatic N) is 1. The first kappa shape index (κ1) is 14.5. The van der Waals surface area contributed by atoms with Gasteiger partial charge in [0.15, 0.2) is 0 Å². The van der Waals surface area contributed by atoms with Gasteiger partial charge in [0.05, 0.1) is 0 Å². The zero-order valence-electron chi connectivity index (χ0n) is 12.0. The highest BCUT2D eigenvalue weighted by Gasteiger charge is 2.23. The van der Waals surface area contributed by atoms with E-state index in [-0.39, 0.29) is 12.4 Å². The van der Waals surface area contributed by atoms with Gasteiger partial charge in [-0.05, 0) is 25.8 Å². The van der Waals surface area contributed by atoms with E-state index in [4.69, 9.17) is 5.73 Å². The van der Waals surface area contributed by atoms with E-state index in [1.54, 1.807) is 6.07 Å². The van der Waals surface area contributed by atoms with Crippen molar-refractivity contribution < 1.29 is 4.39 Å². The summed E-state index contributed by atoms with van der Waals surface area (Å²) in [6.45, 7) is 3.26. The van der Waals surface area contributed by atoms with Gasteiger partial charge < -0.3 is 5.73 Å². The van der Waals surface area contributed by atoms with E-state index in [0.29, 0.717) is 18.2 Å². The van der Waals surface area contributed by atoms with Gasteiger partial charge in [0, 0.05) is 30.3 Å². The van der Waals surface area contributed by atoms with Crippen molar-refractivity contribution in [1.82, 2.24) is 4.90 Å². The molecule has 1 aliphatic carbocycles. The largest absolute Gasteiger partial charge is 0.326 e. The van der Waals surface area contributed by atoms with Gasteiger partial charge in [0.25, 0.3) is 0 Å². The smallest absolute Gasteiger partial charge is 0.132 e. The Morgan fingerprint density at radius 3 is 2.74 bits per heavy atom. The Morgan fingerprint density at radius 1 is 1.32 bits per heavy atom. The first-order chi connectivity index (χ1) is 9.11. The van der Waals surface area contributed by atoms with Crippen molar-refractivity contribution in [2.24, 2.45) is 11.7 Å². The molecular formula is C16H25FN2. The van der Waals surface area contributed by atoms with Crippen LogP contribution in [0.2, 0.25) is 0 Å². The average Bonchev–Trinajstić information content (AvgIpc) is 2.41. The van der Waals surface area contributed by atoms with Gasteiger partial charge in [-0.2, -0.15) is 0 Å². The van der Waals surface area contributed by atoms with Crippen LogP contribution in [0.25, 0.3) is 0 Å². The Hall–Kier alpha value is -0.930. The standard InChI is InChI=1S/C16H25FN2/c1-12-5-3-8-15(9-12)19(2)11-14-7-4-6-13(10-18)16(14)17/h4,6-7,12,15H,3,5,8-11,18H2,1-2H3. The summed E-state index contributed by atoms with van der Waals surface area (Å²) in [7, 11) is 2.11. The SMILES string of the molecule is CC1CCCC(N(C)Cc2cccc(CN)c2F)C1. The van der Waals surface area contributed by atoms with Gasteiger partial charge >= 0.3 is 0 Å². The van der Waals surface area contributed by atoms with E-state index >= 15 is 0 Å². The highest BCUT2D eigenvalue weighted by atomic mass is 19.1. The monoisotopic (exact) mass is 264 g/mol. The van der Waals surface area contributed by atoms with Crippen LogP contribution in [0.4, 0.5) is 4.39 Å². The topological polar surface area (TPSA) is 29.3 Å². The molecular weight excluding hydrogens is 239 g/mol. The summed E-state index contributed by atoms with van der Waals surface area (Å²) in [5.41, 5.74) is 6.94. The lowest BCUT2D eigenvalue weighted by Crippen LogP contribution is -2.35. The van der Waals surface area contributed by atoms with Crippen molar-refractivity contribution in [1.29, 1.82) is 0 Å². The number of nitrogens with two attached hydrogens (primary N) is 1. The molecule has 1 aromatic carbocycles. The highest BCUT2D eigenvalue weighted by molar-refractivity contribution is 5.25. The number of hydrogen-bond donors (Lipinski definition) is 1. The molecule has 0 bridgehead atoms. The van der Waals surface area contributed by atoms with Crippen molar-refractivity contribution in [2.75, 3.05) is 7.05 Å². The molecule has 2 N–H and O–H groups in total. The van der Waals surface area contributed by atoms with E-state index in [2.05, 4.69) is 18.9 Å². The summed E-state index contributed by atoms with van der Waals surface area (Å²) in [5, 5.41) is 0. The average molecular weight is 264 g/mol. The fraction of sp³-hybridized carbons (Fsp3) is 0.625. The van der Waals surface area contributed by atoms with Crippen molar-refractivity contribution in [3.63, 3.8) is 0 Å². The molecule has 3 heteroatoms. The Balaban J connectivity index is 2.04. The summed E-state index contributed by atoms with van der Waals surface area (Å²) >= 11 is 0. The number of rotatable bonds is 4. The molecule has 2 rings (SSSR count). The molecule has 1 aromatic rings. The Bertz CT molecular complexity index is 419. The van der Waals surface area contributed by atoms with Crippen LogP contribution in [0.3, 0.4) is 0 Å². The van der Waals surface area contributed by atoms with Gasteiger partial charge in [-0.1, -0.05) is 38.0 Å². The van der Waals surface area contributed by atoms with E-state index in [9.17, 15) is 4.39 Å². The zero-order valence-corrected chi connectivity index (χ0v) is 12.0. The normalized spacial score (nSPS) is 23.8. The Morgan fingerprint density at radius 2 is 2.05 bits per heavy atom. The fourth-order valence-corrected chi connectivity index (χ4v) is 3.11. The van der Waals surface area contributed by atoms with Crippen LogP contribution in [0.5, 0.6) is 0 Å². The van der Waals surface area contributed by atoms with Crippen molar-refractivity contribution in [3.8, 4) is 0 Å². The van der Waals surface area contributed by atoms with Crippen LogP contribution >= 0.6 is 0 Å². The molecule has 2 nitrogen and oxygen atoms in total. The molecule has 106 valence electrons. The van der Waals surface area contributed by atoms with Crippen LogP contribution < -0.4 is 5.73 Å². The molecule has 2 unspecified atom stereocenters. The maximum atomic E-state index is 14.2. The molecule has 0 amide bonds. The summed E-state index contributed by atoms with van der Waals surface area (Å²) in [6.07, 6.45) is 5.09. The molecule has 0 radical (unpaired) electrons. The molecule has 0 heterocycles. The Kier molecular flexibility index (Phi) is 4.94. The lowest BCUT2D eigenvalue weighted by atomic mass is 9.86. The molecule has 0 aromatic heterocycles. The third kappa shape index (κ3) is 3.54. The van der Waals surface area contributed by atoms with Gasteiger partial charge in [-0.25, -0.2) is 4.39 Å². The van der Waals surface area contributed by atoms with Crippen molar-refractivity contribution >= 4 is 0 Å². The number of hydrogen-bond acceptors (Lipinski definition) is 2. The van der Waals surface area contributed by atoms with E-state index in [1.165, 1.54) is 25.7 Å². The molecule has 2 atom stereocenters. The maximum absolute atomic E-state index is 14.2. The lowest BCUT2D eigenvalue weighted by molar-refractivity contribution is 0.156. The van der Waals surface area contributed by atoms with Gasteiger partial charge in [0.1, 0.15) is 5.82 Å². The predicted octanol–water partition coefficient (Wildman–Crippen LogP) is 3.29. The molecule has 1 fully saturated rings. The second-order valence-corrected chi connectivity index (χ2v) is 5.94. The van der Waals surface area contributed by atoms with Gasteiger partial charge in [-0.3, -0.25) is 4.90 Å². The van der Waals surface area contributed by atoms with Crippen molar-refractivity contribution in [2.45, 2.75) is 51.7 Å². The van der Waals surface area contributed by atoms with Gasteiger partial charge in [0.2, 0.25) is 0 Å². The maximum Gasteiger partial charge on any atom is 0.132 e. The van der Waals surface area contributed by atoms with Crippen LogP contribution in [0, 0.1) is 11.7 Å². The van der Waals surface area contributed by atoms with E-state index < -0.39 is 0 Å². The second kappa shape index (κ2) is 6.49.